The van der Waals surface area contributed by atoms with E-state index in [1.165, 1.54) is 0 Å². The molecular formula is C11H11N3O2. The number of nitrogens with one attached hydrogen (secondary N) is 2. The SMILES string of the molecule is CNC(=O)c1cc(-c2ccccc2O)n[nH]1. The number of carbonyl (C=O) groups excluding carboxylic acids is 1. The summed E-state index contributed by atoms with van der Waals surface area (Å²) in [5.74, 6) is -0.105. The molecule has 1 heterocycles. The lowest BCUT2D eigenvalue weighted by atomic mass is 10.1. The standard InChI is InChI=1S/C11H11N3O2/c1-12-11(16)9-6-8(13-14-9)7-4-2-3-5-10(7)15/h2-6,15H,1H3,(H,12,16)(H,13,14). The van der Waals surface area contributed by atoms with Gasteiger partial charge in [-0.1, -0.05) is 12.1 Å². The second-order valence-electron chi connectivity index (χ2n) is 3.26. The van der Waals surface area contributed by atoms with Crippen LogP contribution in [0.15, 0.2) is 30.3 Å². The van der Waals surface area contributed by atoms with Crippen LogP contribution in [-0.2, 0) is 0 Å². The monoisotopic (exact) mass is 217 g/mol. The lowest BCUT2D eigenvalue weighted by Gasteiger charge is -1.98. The van der Waals surface area contributed by atoms with E-state index in [0.717, 1.165) is 0 Å². The third kappa shape index (κ3) is 1.75. The van der Waals surface area contributed by atoms with Crippen molar-refractivity contribution in [3.05, 3.63) is 36.0 Å². The quantitative estimate of drug-likeness (QED) is 0.705. The molecule has 1 aromatic heterocycles. The maximum absolute atomic E-state index is 11.3. The van der Waals surface area contributed by atoms with E-state index in [9.17, 15) is 9.90 Å². The van der Waals surface area contributed by atoms with Gasteiger partial charge in [0.15, 0.2) is 0 Å². The fourth-order valence-corrected chi connectivity index (χ4v) is 1.40. The number of para-hydroxylation sites is 1. The number of nitrogens with zero attached hydrogens (tertiary/aromatic N) is 1. The molecule has 0 unspecified atom stereocenters. The van der Waals surface area contributed by atoms with Crippen molar-refractivity contribution in [1.29, 1.82) is 0 Å². The lowest BCUT2D eigenvalue weighted by Crippen LogP contribution is -2.17. The van der Waals surface area contributed by atoms with E-state index in [1.54, 1.807) is 37.4 Å². The number of hydrogen-bond acceptors (Lipinski definition) is 3. The van der Waals surface area contributed by atoms with Crippen LogP contribution in [0.3, 0.4) is 0 Å². The summed E-state index contributed by atoms with van der Waals surface area (Å²) < 4.78 is 0. The van der Waals surface area contributed by atoms with Crippen molar-refractivity contribution in [2.75, 3.05) is 7.05 Å². The summed E-state index contributed by atoms with van der Waals surface area (Å²) in [5, 5.41) is 18.7. The number of amides is 1. The Bertz CT molecular complexity index is 519. The van der Waals surface area contributed by atoms with Gasteiger partial charge in [0.05, 0.1) is 5.69 Å². The topological polar surface area (TPSA) is 78.0 Å². The highest BCUT2D eigenvalue weighted by molar-refractivity contribution is 5.93. The van der Waals surface area contributed by atoms with Crippen LogP contribution >= 0.6 is 0 Å². The Labute approximate surface area is 92.1 Å². The molecule has 0 aliphatic carbocycles. The molecule has 0 fully saturated rings. The maximum atomic E-state index is 11.3. The van der Waals surface area contributed by atoms with Gasteiger partial charge >= 0.3 is 0 Å². The van der Waals surface area contributed by atoms with E-state index in [4.69, 9.17) is 0 Å². The van der Waals surface area contributed by atoms with Crippen LogP contribution in [0.4, 0.5) is 0 Å². The second kappa shape index (κ2) is 4.06. The number of benzene rings is 1. The zero-order chi connectivity index (χ0) is 11.5. The average molecular weight is 217 g/mol. The number of phenols is 1. The van der Waals surface area contributed by atoms with Gasteiger partial charge in [-0.15, -0.1) is 0 Å². The zero-order valence-corrected chi connectivity index (χ0v) is 8.69. The Morgan fingerprint density at radius 3 is 2.88 bits per heavy atom. The van der Waals surface area contributed by atoms with Gasteiger partial charge in [-0.05, 0) is 18.2 Å². The molecular weight excluding hydrogens is 206 g/mol. The summed E-state index contributed by atoms with van der Waals surface area (Å²) in [7, 11) is 1.54. The molecule has 1 aromatic carbocycles. The smallest absolute Gasteiger partial charge is 0.269 e. The van der Waals surface area contributed by atoms with Crippen molar-refractivity contribution in [2.45, 2.75) is 0 Å². The van der Waals surface area contributed by atoms with E-state index in [1.807, 2.05) is 0 Å². The molecule has 82 valence electrons. The second-order valence-corrected chi connectivity index (χ2v) is 3.26. The van der Waals surface area contributed by atoms with Crippen LogP contribution in [0, 0.1) is 0 Å². The van der Waals surface area contributed by atoms with Gasteiger partial charge in [0.1, 0.15) is 11.4 Å². The molecule has 3 N–H and O–H groups in total. The molecule has 0 radical (unpaired) electrons. The molecule has 0 saturated heterocycles. The van der Waals surface area contributed by atoms with Gasteiger partial charge < -0.3 is 10.4 Å². The first-order chi connectivity index (χ1) is 7.72. The van der Waals surface area contributed by atoms with Gasteiger partial charge in [-0.25, -0.2) is 0 Å². The molecule has 0 aliphatic rings. The van der Waals surface area contributed by atoms with Crippen LogP contribution in [0.5, 0.6) is 5.75 Å². The van der Waals surface area contributed by atoms with Gasteiger partial charge in [-0.2, -0.15) is 5.10 Å². The van der Waals surface area contributed by atoms with Crippen LogP contribution in [0.2, 0.25) is 0 Å². The molecule has 0 saturated carbocycles. The number of aromatic amines is 1. The number of hydrogen-bond donors (Lipinski definition) is 3. The highest BCUT2D eigenvalue weighted by Gasteiger charge is 2.11. The van der Waals surface area contributed by atoms with E-state index in [2.05, 4.69) is 15.5 Å². The van der Waals surface area contributed by atoms with Crippen molar-refractivity contribution in [3.63, 3.8) is 0 Å². The molecule has 0 atom stereocenters. The molecule has 16 heavy (non-hydrogen) atoms. The summed E-state index contributed by atoms with van der Waals surface area (Å²) in [6.07, 6.45) is 0. The van der Waals surface area contributed by atoms with Crippen molar-refractivity contribution in [2.24, 2.45) is 0 Å². The Kier molecular flexibility index (Phi) is 2.59. The highest BCUT2D eigenvalue weighted by Crippen LogP contribution is 2.27. The summed E-state index contributed by atoms with van der Waals surface area (Å²) >= 11 is 0. The predicted molar refractivity (Wildman–Crippen MR) is 59.1 cm³/mol. The van der Waals surface area contributed by atoms with E-state index >= 15 is 0 Å². The molecule has 5 heteroatoms. The van der Waals surface area contributed by atoms with Crippen molar-refractivity contribution in [1.82, 2.24) is 15.5 Å². The first-order valence-corrected chi connectivity index (χ1v) is 4.78. The number of rotatable bonds is 2. The fourth-order valence-electron chi connectivity index (χ4n) is 1.40. The third-order valence-electron chi connectivity index (χ3n) is 2.23. The fraction of sp³-hybridized carbons (Fsp3) is 0.0909. The predicted octanol–water partition coefficient (Wildman–Crippen LogP) is 1.14. The summed E-state index contributed by atoms with van der Waals surface area (Å²) in [6.45, 7) is 0. The minimum Gasteiger partial charge on any atom is -0.507 e. The summed E-state index contributed by atoms with van der Waals surface area (Å²) in [4.78, 5) is 11.3. The van der Waals surface area contributed by atoms with E-state index in [0.29, 0.717) is 17.0 Å². The molecule has 0 bridgehead atoms. The van der Waals surface area contributed by atoms with Gasteiger partial charge in [0, 0.05) is 12.6 Å². The number of carbonyl (C=O) groups is 1. The average Bonchev–Trinajstić information content (AvgIpc) is 2.78. The maximum Gasteiger partial charge on any atom is 0.269 e. The van der Waals surface area contributed by atoms with Crippen molar-refractivity contribution >= 4 is 5.91 Å². The molecule has 5 nitrogen and oxygen atoms in total. The van der Waals surface area contributed by atoms with Crippen LogP contribution < -0.4 is 5.32 Å². The van der Waals surface area contributed by atoms with Crippen molar-refractivity contribution < 1.29 is 9.90 Å². The minimum absolute atomic E-state index is 0.137. The summed E-state index contributed by atoms with van der Waals surface area (Å²) in [6, 6.07) is 8.42. The zero-order valence-electron chi connectivity index (χ0n) is 8.69. The van der Waals surface area contributed by atoms with Gasteiger partial charge in [0.2, 0.25) is 0 Å². The minimum atomic E-state index is -0.242. The number of aromatic hydroxyl groups is 1. The molecule has 1 amide bonds. The Morgan fingerprint density at radius 1 is 1.44 bits per heavy atom. The number of H-pyrrole nitrogens is 1. The van der Waals surface area contributed by atoms with E-state index in [-0.39, 0.29) is 11.7 Å². The lowest BCUT2D eigenvalue weighted by molar-refractivity contribution is 0.0958. The molecule has 0 spiro atoms. The van der Waals surface area contributed by atoms with Crippen LogP contribution in [0.1, 0.15) is 10.5 Å². The Balaban J connectivity index is 2.39. The number of phenolic OH excluding ortho intramolecular Hbond substituents is 1. The van der Waals surface area contributed by atoms with Crippen molar-refractivity contribution in [3.8, 4) is 17.0 Å². The largest absolute Gasteiger partial charge is 0.507 e. The van der Waals surface area contributed by atoms with Gasteiger partial charge in [0.25, 0.3) is 5.91 Å². The highest BCUT2D eigenvalue weighted by atomic mass is 16.3. The first kappa shape index (κ1) is 10.2. The molecule has 2 rings (SSSR count). The number of aromatic nitrogens is 2. The molecule has 2 aromatic rings. The Morgan fingerprint density at radius 2 is 2.19 bits per heavy atom. The molecule has 0 aliphatic heterocycles. The Hall–Kier alpha value is -2.30. The van der Waals surface area contributed by atoms with E-state index < -0.39 is 0 Å². The van der Waals surface area contributed by atoms with Crippen LogP contribution in [0.25, 0.3) is 11.3 Å². The van der Waals surface area contributed by atoms with Crippen LogP contribution in [-0.4, -0.2) is 28.3 Å². The summed E-state index contributed by atoms with van der Waals surface area (Å²) in [5.41, 5.74) is 1.49. The normalized spacial score (nSPS) is 10.1. The van der Waals surface area contributed by atoms with Gasteiger partial charge in [-0.3, -0.25) is 9.89 Å². The third-order valence-corrected chi connectivity index (χ3v) is 2.23. The first-order valence-electron chi connectivity index (χ1n) is 4.78.